The largest absolute Gasteiger partial charge is 0.453 e. The van der Waals surface area contributed by atoms with Crippen molar-refractivity contribution in [3.8, 4) is 0 Å². The average Bonchev–Trinajstić information content (AvgIpc) is 2.81. The maximum atomic E-state index is 12.3. The Kier molecular flexibility index (Phi) is 6.42. The van der Waals surface area contributed by atoms with Gasteiger partial charge in [0.1, 0.15) is 0 Å². The molecule has 7 heteroatoms. The van der Waals surface area contributed by atoms with Crippen LogP contribution in [0, 0.1) is 0 Å². The van der Waals surface area contributed by atoms with E-state index in [1.807, 2.05) is 4.90 Å². The molecule has 2 fully saturated rings. The fraction of sp³-hybridized carbons (Fsp3) is 0.667. The van der Waals surface area contributed by atoms with Gasteiger partial charge in [0.15, 0.2) is 0 Å². The molecule has 1 spiro atoms. The van der Waals surface area contributed by atoms with E-state index in [9.17, 15) is 9.59 Å². The summed E-state index contributed by atoms with van der Waals surface area (Å²) in [5, 5.41) is 3.21. The summed E-state index contributed by atoms with van der Waals surface area (Å²) in [7, 11) is 5.03. The highest BCUT2D eigenvalue weighted by Gasteiger charge is 2.43. The van der Waals surface area contributed by atoms with Gasteiger partial charge in [-0.2, -0.15) is 0 Å². The average molecular weight is 433 g/mol. The maximum absolute atomic E-state index is 12.3. The number of carbonyl (C=O) groups is 2. The minimum atomic E-state index is -0.203. The smallest absolute Gasteiger partial charge is 0.409 e. The quantitative estimate of drug-likeness (QED) is 0.771. The molecule has 2 aliphatic heterocycles. The number of benzene rings is 1. The second-order valence-electron chi connectivity index (χ2n) is 9.53. The first kappa shape index (κ1) is 21.9. The van der Waals surface area contributed by atoms with Crippen LogP contribution in [0.4, 0.5) is 9.59 Å². The highest BCUT2D eigenvalue weighted by molar-refractivity contribution is 5.74. The van der Waals surface area contributed by atoms with Gasteiger partial charge in [0.2, 0.25) is 0 Å². The van der Waals surface area contributed by atoms with Gasteiger partial charge >= 0.3 is 12.1 Å². The normalized spacial score (nSPS) is 23.8. The minimum absolute atomic E-state index is 0. The molecule has 0 saturated carbocycles. The molecule has 0 unspecified atom stereocenters. The molecule has 1 aliphatic carbocycles. The van der Waals surface area contributed by atoms with Crippen molar-refractivity contribution < 1.29 is 17.2 Å². The monoisotopic (exact) mass is 432 g/mol. The summed E-state index contributed by atoms with van der Waals surface area (Å²) < 4.78 is 4.87. The van der Waals surface area contributed by atoms with Crippen molar-refractivity contribution in [3.05, 3.63) is 35.4 Å². The van der Waals surface area contributed by atoms with Crippen LogP contribution in [0.1, 0.15) is 58.5 Å². The van der Waals surface area contributed by atoms with E-state index < -0.39 is 0 Å². The third-order valence-corrected chi connectivity index (χ3v) is 7.69. The van der Waals surface area contributed by atoms with Crippen molar-refractivity contribution in [1.29, 1.82) is 0 Å². The lowest BCUT2D eigenvalue weighted by Gasteiger charge is -2.49. The molecule has 2 saturated heterocycles. The Morgan fingerprint density at radius 1 is 1.06 bits per heavy atom. The van der Waals surface area contributed by atoms with Crippen molar-refractivity contribution in [3.63, 3.8) is 0 Å². The first-order valence-corrected chi connectivity index (χ1v) is 11.6. The second kappa shape index (κ2) is 9.07. The van der Waals surface area contributed by atoms with Crippen molar-refractivity contribution in [2.24, 2.45) is 0 Å². The van der Waals surface area contributed by atoms with Crippen LogP contribution in [0.5, 0.6) is 0 Å². The van der Waals surface area contributed by atoms with E-state index in [0.29, 0.717) is 6.04 Å². The van der Waals surface area contributed by atoms with E-state index in [2.05, 4.69) is 34.5 Å². The number of urea groups is 1. The molecular formula is C24H40N4O3. The van der Waals surface area contributed by atoms with Gasteiger partial charge in [0.05, 0.1) is 13.2 Å². The second-order valence-corrected chi connectivity index (χ2v) is 9.53. The Hall–Kier alpha value is -2.28. The molecule has 1 aromatic carbocycles. The van der Waals surface area contributed by atoms with Crippen molar-refractivity contribution in [2.75, 3.05) is 47.4 Å². The molecule has 0 bridgehead atoms. The number of piperidine rings is 2. The van der Waals surface area contributed by atoms with Gasteiger partial charge < -0.3 is 24.8 Å². The van der Waals surface area contributed by atoms with Crippen LogP contribution in [0.3, 0.4) is 0 Å². The van der Waals surface area contributed by atoms with Gasteiger partial charge in [0.25, 0.3) is 0 Å². The van der Waals surface area contributed by atoms with Gasteiger partial charge in [-0.3, -0.25) is 0 Å². The highest BCUT2D eigenvalue weighted by atomic mass is 16.5. The van der Waals surface area contributed by atoms with Gasteiger partial charge in [-0.1, -0.05) is 24.3 Å². The predicted molar refractivity (Wildman–Crippen MR) is 124 cm³/mol. The van der Waals surface area contributed by atoms with Crippen LogP contribution in [0.2, 0.25) is 0 Å². The Bertz CT molecular complexity index is 807. The number of likely N-dealkylation sites (tertiary alicyclic amines) is 2. The number of ether oxygens (including phenoxy) is 1. The summed E-state index contributed by atoms with van der Waals surface area (Å²) in [5.41, 5.74) is 2.95. The number of hydrogen-bond donors (Lipinski definition) is 1. The molecule has 4 rings (SSSR count). The number of hydrogen-bond acceptors (Lipinski definition) is 4. The zero-order valence-corrected chi connectivity index (χ0v) is 19.1. The van der Waals surface area contributed by atoms with Gasteiger partial charge in [-0.05, 0) is 68.2 Å². The van der Waals surface area contributed by atoms with Crippen molar-refractivity contribution in [2.45, 2.75) is 56.0 Å². The third kappa shape index (κ3) is 4.38. The first-order chi connectivity index (χ1) is 14.9. The fourth-order valence-electron chi connectivity index (χ4n) is 5.80. The van der Waals surface area contributed by atoms with Crippen LogP contribution in [0.25, 0.3) is 0 Å². The van der Waals surface area contributed by atoms with Gasteiger partial charge in [0, 0.05) is 36.1 Å². The molecule has 0 radical (unpaired) electrons. The van der Waals surface area contributed by atoms with Crippen LogP contribution >= 0.6 is 0 Å². The molecule has 7 nitrogen and oxygen atoms in total. The van der Waals surface area contributed by atoms with Crippen LogP contribution < -0.4 is 5.32 Å². The van der Waals surface area contributed by atoms with Gasteiger partial charge in [-0.15, -0.1) is 0 Å². The van der Waals surface area contributed by atoms with E-state index in [-0.39, 0.29) is 26.4 Å². The molecule has 174 valence electrons. The number of carbonyl (C=O) groups excluding carboxylic acids is 2. The van der Waals surface area contributed by atoms with Crippen LogP contribution in [-0.4, -0.2) is 80.3 Å². The molecule has 3 aliphatic rings. The highest BCUT2D eigenvalue weighted by Crippen LogP contribution is 2.48. The molecule has 1 atom stereocenters. The summed E-state index contributed by atoms with van der Waals surface area (Å²) in [5.74, 6) is 0. The molecule has 1 N–H and O–H groups in total. The number of amides is 3. The lowest BCUT2D eigenvalue weighted by atomic mass is 9.63. The number of nitrogens with one attached hydrogen (secondary N) is 1. The number of rotatable bonds is 2. The fourth-order valence-corrected chi connectivity index (χ4v) is 5.80. The van der Waals surface area contributed by atoms with E-state index in [0.717, 1.165) is 64.7 Å². The summed E-state index contributed by atoms with van der Waals surface area (Å²) >= 11 is 0. The molecular weight excluding hydrogens is 392 g/mol. The van der Waals surface area contributed by atoms with E-state index >= 15 is 0 Å². The van der Waals surface area contributed by atoms with Gasteiger partial charge in [-0.25, -0.2) is 9.59 Å². The van der Waals surface area contributed by atoms with Crippen molar-refractivity contribution in [1.82, 2.24) is 20.0 Å². The lowest BCUT2D eigenvalue weighted by molar-refractivity contribution is 0.0565. The Morgan fingerprint density at radius 3 is 2.39 bits per heavy atom. The zero-order chi connectivity index (χ0) is 22.0. The number of nitrogens with zero attached hydrogens (tertiary/aromatic N) is 3. The minimum Gasteiger partial charge on any atom is -0.453 e. The van der Waals surface area contributed by atoms with Crippen molar-refractivity contribution >= 4 is 12.1 Å². The molecule has 31 heavy (non-hydrogen) atoms. The Balaban J connectivity index is 0.00000193. The molecule has 3 amide bonds. The zero-order valence-electron chi connectivity index (χ0n) is 19.1. The van der Waals surface area contributed by atoms with E-state index in [1.165, 1.54) is 18.2 Å². The summed E-state index contributed by atoms with van der Waals surface area (Å²) in [6, 6.07) is 9.35. The summed E-state index contributed by atoms with van der Waals surface area (Å²) in [6.45, 7) is 3.78. The maximum Gasteiger partial charge on any atom is 0.409 e. The number of fused-ring (bicyclic) bond motifs is 2. The van der Waals surface area contributed by atoms with E-state index in [4.69, 9.17) is 4.74 Å². The molecule has 1 aromatic rings. The Labute approximate surface area is 188 Å². The topological polar surface area (TPSA) is 65.1 Å². The van der Waals surface area contributed by atoms with Crippen LogP contribution in [-0.2, 0) is 10.2 Å². The van der Waals surface area contributed by atoms with E-state index in [1.54, 1.807) is 19.0 Å². The predicted octanol–water partition coefficient (Wildman–Crippen LogP) is 3.85. The Morgan fingerprint density at radius 2 is 1.74 bits per heavy atom. The van der Waals surface area contributed by atoms with Crippen LogP contribution in [0.15, 0.2) is 24.3 Å². The third-order valence-electron chi connectivity index (χ3n) is 7.69. The summed E-state index contributed by atoms with van der Waals surface area (Å²) in [4.78, 5) is 30.1. The SMILES string of the molecule is COC(=O)N1CCC(N2CCC3(CC[C@@H](NC(=O)N(C)C)c4ccccc43)CC2)CC1.[HH].[HH]. The number of methoxy groups -OCH3 is 1. The molecule has 0 aromatic heterocycles. The molecule has 2 heterocycles. The summed E-state index contributed by atoms with van der Waals surface area (Å²) in [6.07, 6.45) is 6.29. The first-order valence-electron chi connectivity index (χ1n) is 11.6. The standard InChI is InChI=1S/C24H36N4O3.2H2/c1-26(2)22(29)25-21-8-11-24(20-7-5-4-6-19(20)21)12-16-27(17-13-24)18-9-14-28(15-10-18)23(30)31-3;;/h4-7,18,21H,8-17H2,1-3H3,(H,25,29);2*1H/t21-;;/m1../s1. The lowest BCUT2D eigenvalue weighted by Crippen LogP contribution is -2.52.